The number of amides is 2. The number of rotatable bonds is 9. The van der Waals surface area contributed by atoms with Crippen LogP contribution in [-0.4, -0.2) is 35.5 Å². The van der Waals surface area contributed by atoms with Crippen LogP contribution < -0.4 is 16.8 Å². The minimum Gasteiger partial charge on any atom is -0.480 e. The molecule has 7 nitrogen and oxygen atoms in total. The van der Waals surface area contributed by atoms with E-state index in [4.69, 9.17) is 16.6 Å². The molecule has 0 fully saturated rings. The fraction of sp³-hybridized carbons (Fsp3) is 0.750. The van der Waals surface area contributed by atoms with Gasteiger partial charge in [-0.3, -0.25) is 9.59 Å². The molecule has 6 N–H and O–H groups in total. The van der Waals surface area contributed by atoms with Crippen molar-refractivity contribution >= 4 is 17.8 Å². The smallest absolute Gasteiger partial charge is 0.326 e. The Morgan fingerprint density at radius 1 is 1.21 bits per heavy atom. The molecule has 0 aliphatic carbocycles. The molecule has 0 aromatic carbocycles. The normalized spacial score (nSPS) is 13.9. The number of nitrogens with one attached hydrogen (secondary N) is 1. The van der Waals surface area contributed by atoms with E-state index in [-0.39, 0.29) is 12.3 Å². The number of hydrogen-bond acceptors (Lipinski definition) is 4. The van der Waals surface area contributed by atoms with E-state index in [0.717, 1.165) is 6.42 Å². The summed E-state index contributed by atoms with van der Waals surface area (Å²) < 4.78 is 0. The predicted molar refractivity (Wildman–Crippen MR) is 70.0 cm³/mol. The monoisotopic (exact) mass is 273 g/mol. The van der Waals surface area contributed by atoms with Gasteiger partial charge in [-0.25, -0.2) is 4.79 Å². The van der Waals surface area contributed by atoms with Crippen molar-refractivity contribution in [3.63, 3.8) is 0 Å². The van der Waals surface area contributed by atoms with E-state index in [9.17, 15) is 14.4 Å². The van der Waals surface area contributed by atoms with Gasteiger partial charge in [-0.15, -0.1) is 0 Å². The van der Waals surface area contributed by atoms with E-state index in [1.165, 1.54) is 0 Å². The third-order valence-electron chi connectivity index (χ3n) is 2.65. The highest BCUT2D eigenvalue weighted by molar-refractivity contribution is 5.88. The highest BCUT2D eigenvalue weighted by Gasteiger charge is 2.23. The molecular weight excluding hydrogens is 250 g/mol. The summed E-state index contributed by atoms with van der Waals surface area (Å²) in [4.78, 5) is 33.3. The quantitative estimate of drug-likeness (QED) is 0.446. The second kappa shape index (κ2) is 8.47. The van der Waals surface area contributed by atoms with Gasteiger partial charge in [-0.05, 0) is 24.8 Å². The van der Waals surface area contributed by atoms with Gasteiger partial charge >= 0.3 is 5.97 Å². The van der Waals surface area contributed by atoms with Crippen LogP contribution in [0.4, 0.5) is 0 Å². The number of primary amides is 1. The molecule has 0 saturated heterocycles. The number of aliphatic carboxylic acids is 1. The topological polar surface area (TPSA) is 136 Å². The van der Waals surface area contributed by atoms with E-state index < -0.39 is 30.2 Å². The molecule has 2 amide bonds. The highest BCUT2D eigenvalue weighted by Crippen LogP contribution is 2.14. The van der Waals surface area contributed by atoms with Crippen molar-refractivity contribution in [1.82, 2.24) is 5.32 Å². The van der Waals surface area contributed by atoms with E-state index in [2.05, 4.69) is 5.32 Å². The molecule has 0 heterocycles. The number of carbonyl (C=O) groups excluding carboxylic acids is 2. The fourth-order valence-corrected chi connectivity index (χ4v) is 1.85. The van der Waals surface area contributed by atoms with Crippen LogP contribution in [0.2, 0.25) is 0 Å². The largest absolute Gasteiger partial charge is 0.480 e. The lowest BCUT2D eigenvalue weighted by molar-refractivity contribution is -0.143. The molecule has 110 valence electrons. The van der Waals surface area contributed by atoms with Gasteiger partial charge in [0.05, 0.1) is 6.42 Å². The summed E-state index contributed by atoms with van der Waals surface area (Å²) >= 11 is 0. The Hall–Kier alpha value is -1.63. The zero-order valence-electron chi connectivity index (χ0n) is 11.4. The molecule has 0 radical (unpaired) electrons. The molecule has 2 unspecified atom stereocenters. The van der Waals surface area contributed by atoms with Gasteiger partial charge < -0.3 is 21.9 Å². The SMILES string of the molecule is CC(C)CC(CN)CC(=O)NC(CC(N)=O)C(=O)O. The Balaban J connectivity index is 4.39. The molecule has 0 saturated carbocycles. The molecule has 0 spiro atoms. The van der Waals surface area contributed by atoms with Crippen molar-refractivity contribution in [2.45, 2.75) is 39.2 Å². The standard InChI is InChI=1S/C12H23N3O4/c1-7(2)3-8(6-13)4-11(17)15-9(12(18)19)5-10(14)16/h7-9H,3-6,13H2,1-2H3,(H2,14,16)(H,15,17)(H,18,19). The maximum absolute atomic E-state index is 11.7. The lowest BCUT2D eigenvalue weighted by Crippen LogP contribution is -2.44. The van der Waals surface area contributed by atoms with Gasteiger partial charge in [0.15, 0.2) is 0 Å². The first-order valence-corrected chi connectivity index (χ1v) is 6.26. The first kappa shape index (κ1) is 17.4. The van der Waals surface area contributed by atoms with Gasteiger partial charge in [-0.1, -0.05) is 13.8 Å². The van der Waals surface area contributed by atoms with Gasteiger partial charge in [-0.2, -0.15) is 0 Å². The van der Waals surface area contributed by atoms with Crippen molar-refractivity contribution in [3.05, 3.63) is 0 Å². The Kier molecular flexibility index (Phi) is 7.74. The van der Waals surface area contributed by atoms with Gasteiger partial charge in [0.25, 0.3) is 0 Å². The summed E-state index contributed by atoms with van der Waals surface area (Å²) in [6.45, 7) is 4.40. The Labute approximate surface area is 112 Å². The van der Waals surface area contributed by atoms with Gasteiger partial charge in [0.2, 0.25) is 11.8 Å². The number of carboxylic acids is 1. The van der Waals surface area contributed by atoms with E-state index in [1.807, 2.05) is 13.8 Å². The Morgan fingerprint density at radius 2 is 1.79 bits per heavy atom. The third kappa shape index (κ3) is 8.15. The zero-order chi connectivity index (χ0) is 15.0. The lowest BCUT2D eigenvalue weighted by atomic mass is 9.94. The first-order valence-electron chi connectivity index (χ1n) is 6.26. The van der Waals surface area contributed by atoms with Crippen LogP contribution in [0, 0.1) is 11.8 Å². The van der Waals surface area contributed by atoms with Crippen molar-refractivity contribution in [1.29, 1.82) is 0 Å². The zero-order valence-corrected chi connectivity index (χ0v) is 11.4. The van der Waals surface area contributed by atoms with Crippen LogP contribution in [0.1, 0.15) is 33.1 Å². The summed E-state index contributed by atoms with van der Waals surface area (Å²) in [5.41, 5.74) is 10.5. The summed E-state index contributed by atoms with van der Waals surface area (Å²) in [6, 6.07) is -1.28. The average molecular weight is 273 g/mol. The molecule has 2 atom stereocenters. The van der Waals surface area contributed by atoms with Gasteiger partial charge in [0.1, 0.15) is 6.04 Å². The second-order valence-electron chi connectivity index (χ2n) is 5.06. The highest BCUT2D eigenvalue weighted by atomic mass is 16.4. The Bertz CT molecular complexity index is 331. The third-order valence-corrected chi connectivity index (χ3v) is 2.65. The second-order valence-corrected chi connectivity index (χ2v) is 5.06. The van der Waals surface area contributed by atoms with Gasteiger partial charge in [0, 0.05) is 6.42 Å². The van der Waals surface area contributed by atoms with Crippen molar-refractivity contribution < 1.29 is 19.5 Å². The summed E-state index contributed by atoms with van der Waals surface area (Å²) in [6.07, 6.45) is 0.521. The van der Waals surface area contributed by atoms with Crippen LogP contribution in [0.25, 0.3) is 0 Å². The maximum Gasteiger partial charge on any atom is 0.326 e. The van der Waals surface area contributed by atoms with E-state index in [0.29, 0.717) is 12.5 Å². The minimum atomic E-state index is -1.28. The number of nitrogens with two attached hydrogens (primary N) is 2. The maximum atomic E-state index is 11.7. The summed E-state index contributed by atoms with van der Waals surface area (Å²) in [7, 11) is 0. The number of carbonyl (C=O) groups is 3. The molecule has 19 heavy (non-hydrogen) atoms. The molecule has 0 rings (SSSR count). The predicted octanol–water partition coefficient (Wildman–Crippen LogP) is -0.558. The summed E-state index contributed by atoms with van der Waals surface area (Å²) in [5.74, 6) is -2.07. The molecule has 7 heteroatoms. The Morgan fingerprint density at radius 3 is 2.16 bits per heavy atom. The van der Waals surface area contributed by atoms with Crippen molar-refractivity contribution in [3.8, 4) is 0 Å². The lowest BCUT2D eigenvalue weighted by Gasteiger charge is -2.18. The molecule has 0 aromatic rings. The van der Waals surface area contributed by atoms with Crippen LogP contribution >= 0.6 is 0 Å². The first-order chi connectivity index (χ1) is 8.76. The minimum absolute atomic E-state index is 0.00280. The molecular formula is C12H23N3O4. The summed E-state index contributed by atoms with van der Waals surface area (Å²) in [5, 5.41) is 11.2. The fourth-order valence-electron chi connectivity index (χ4n) is 1.85. The van der Waals surface area contributed by atoms with Crippen molar-refractivity contribution in [2.75, 3.05) is 6.54 Å². The van der Waals surface area contributed by atoms with Crippen LogP contribution in [0.5, 0.6) is 0 Å². The van der Waals surface area contributed by atoms with Crippen molar-refractivity contribution in [2.24, 2.45) is 23.3 Å². The van der Waals surface area contributed by atoms with E-state index in [1.54, 1.807) is 0 Å². The number of carboxylic acid groups (broad SMARTS) is 1. The van der Waals surface area contributed by atoms with Crippen LogP contribution in [-0.2, 0) is 14.4 Å². The van der Waals surface area contributed by atoms with E-state index >= 15 is 0 Å². The molecule has 0 aliphatic heterocycles. The molecule has 0 aliphatic rings. The number of hydrogen-bond donors (Lipinski definition) is 4. The van der Waals surface area contributed by atoms with Crippen LogP contribution in [0.3, 0.4) is 0 Å². The average Bonchev–Trinajstić information content (AvgIpc) is 2.25. The molecule has 0 bridgehead atoms. The van der Waals surface area contributed by atoms with Crippen LogP contribution in [0.15, 0.2) is 0 Å². The molecule has 0 aromatic heterocycles.